The Morgan fingerprint density at radius 1 is 0.727 bits per heavy atom. The topological polar surface area (TPSA) is 86.8 Å². The number of nitrogens with zero attached hydrogens (tertiary/aromatic N) is 2. The standard InChI is InChI=1S/C36H41N3O4S/c1-26(2)37-36(41)34(23-30-12-7-6-8-13-30)38(24-31-19-15-27(3)16-20-31)35(40)25-39(33-14-10-9-11-29(33)5)44(42,43)32-21-17-28(4)18-22-32/h6-22,26,34H,23-25H2,1-5H3,(H,37,41)/t34-/m1/s1. The van der Waals surface area contributed by atoms with E-state index in [-0.39, 0.29) is 29.8 Å². The minimum absolute atomic E-state index is 0.0858. The van der Waals surface area contributed by atoms with Crippen LogP contribution < -0.4 is 9.62 Å². The number of benzene rings is 4. The molecule has 4 rings (SSSR count). The molecule has 0 aliphatic heterocycles. The Kier molecular flexibility index (Phi) is 10.6. The van der Waals surface area contributed by atoms with E-state index < -0.39 is 28.5 Å². The van der Waals surface area contributed by atoms with Gasteiger partial charge in [0, 0.05) is 19.0 Å². The van der Waals surface area contributed by atoms with Crippen molar-refractivity contribution in [1.82, 2.24) is 10.2 Å². The number of rotatable bonds is 12. The van der Waals surface area contributed by atoms with Crippen molar-refractivity contribution in [2.24, 2.45) is 0 Å². The van der Waals surface area contributed by atoms with Gasteiger partial charge in [-0.1, -0.05) is 96.1 Å². The van der Waals surface area contributed by atoms with E-state index in [9.17, 15) is 18.0 Å². The summed E-state index contributed by atoms with van der Waals surface area (Å²) in [7, 11) is -4.14. The number of sulfonamides is 1. The Morgan fingerprint density at radius 3 is 1.89 bits per heavy atom. The average Bonchev–Trinajstić information content (AvgIpc) is 2.99. The van der Waals surface area contributed by atoms with Crippen LogP contribution in [0.15, 0.2) is 108 Å². The summed E-state index contributed by atoms with van der Waals surface area (Å²) in [6.45, 7) is 9.08. The molecule has 0 aromatic heterocycles. The molecule has 7 nitrogen and oxygen atoms in total. The summed E-state index contributed by atoms with van der Waals surface area (Å²) in [4.78, 5) is 29.9. The highest BCUT2D eigenvalue weighted by atomic mass is 32.2. The van der Waals surface area contributed by atoms with Crippen LogP contribution in [0.1, 0.15) is 41.7 Å². The van der Waals surface area contributed by atoms with Gasteiger partial charge in [-0.15, -0.1) is 0 Å². The summed E-state index contributed by atoms with van der Waals surface area (Å²) in [5.74, 6) is -0.780. The third-order valence-corrected chi connectivity index (χ3v) is 9.22. The number of aryl methyl sites for hydroxylation is 3. The lowest BCUT2D eigenvalue weighted by Gasteiger charge is -2.34. The summed E-state index contributed by atoms with van der Waals surface area (Å²) in [6.07, 6.45) is 0.270. The molecule has 230 valence electrons. The van der Waals surface area contributed by atoms with Gasteiger partial charge in [0.15, 0.2) is 0 Å². The number of hydrogen-bond acceptors (Lipinski definition) is 4. The van der Waals surface area contributed by atoms with E-state index in [1.807, 2.05) is 101 Å². The first-order chi connectivity index (χ1) is 21.0. The molecule has 44 heavy (non-hydrogen) atoms. The molecule has 4 aromatic carbocycles. The van der Waals surface area contributed by atoms with E-state index in [0.717, 1.165) is 26.6 Å². The molecule has 0 spiro atoms. The van der Waals surface area contributed by atoms with E-state index in [1.54, 1.807) is 36.4 Å². The lowest BCUT2D eigenvalue weighted by Crippen LogP contribution is -2.54. The summed E-state index contributed by atoms with van der Waals surface area (Å²) in [5, 5.41) is 2.98. The Hall–Kier alpha value is -4.43. The SMILES string of the molecule is Cc1ccc(CN(C(=O)CN(c2ccccc2C)S(=O)(=O)c2ccc(C)cc2)[C@H](Cc2ccccc2)C(=O)NC(C)C)cc1. The van der Waals surface area contributed by atoms with Gasteiger partial charge < -0.3 is 10.2 Å². The third-order valence-electron chi connectivity index (χ3n) is 7.45. The number of carbonyl (C=O) groups is 2. The maximum Gasteiger partial charge on any atom is 0.264 e. The normalized spacial score (nSPS) is 12.0. The molecule has 0 heterocycles. The Bertz CT molecular complexity index is 1670. The number of amides is 2. The van der Waals surface area contributed by atoms with Gasteiger partial charge in [-0.2, -0.15) is 0 Å². The number of anilines is 1. The van der Waals surface area contributed by atoms with Crippen LogP contribution in [0.2, 0.25) is 0 Å². The van der Waals surface area contributed by atoms with Crippen molar-refractivity contribution in [2.45, 2.75) is 64.6 Å². The molecule has 1 atom stereocenters. The van der Waals surface area contributed by atoms with Crippen LogP contribution in [0.3, 0.4) is 0 Å². The predicted molar refractivity (Wildman–Crippen MR) is 176 cm³/mol. The van der Waals surface area contributed by atoms with Crippen molar-refractivity contribution in [3.05, 3.63) is 131 Å². The number of para-hydroxylation sites is 1. The highest BCUT2D eigenvalue weighted by Gasteiger charge is 2.35. The van der Waals surface area contributed by atoms with Crippen molar-refractivity contribution in [1.29, 1.82) is 0 Å². The monoisotopic (exact) mass is 611 g/mol. The first-order valence-corrected chi connectivity index (χ1v) is 16.2. The largest absolute Gasteiger partial charge is 0.352 e. The Labute approximate surface area is 261 Å². The third kappa shape index (κ3) is 8.14. The summed E-state index contributed by atoms with van der Waals surface area (Å²) in [5.41, 5.74) is 4.83. The van der Waals surface area contributed by atoms with Gasteiger partial charge in [0.1, 0.15) is 12.6 Å². The highest BCUT2D eigenvalue weighted by molar-refractivity contribution is 7.92. The summed E-state index contributed by atoms with van der Waals surface area (Å²) < 4.78 is 29.5. The van der Waals surface area contributed by atoms with Crippen LogP contribution in [0.5, 0.6) is 0 Å². The van der Waals surface area contributed by atoms with E-state index in [2.05, 4.69) is 5.32 Å². The minimum Gasteiger partial charge on any atom is -0.352 e. The smallest absolute Gasteiger partial charge is 0.264 e. The van der Waals surface area contributed by atoms with Crippen molar-refractivity contribution < 1.29 is 18.0 Å². The molecule has 0 unspecified atom stereocenters. The van der Waals surface area contributed by atoms with Crippen molar-refractivity contribution >= 4 is 27.5 Å². The maximum atomic E-state index is 14.5. The Morgan fingerprint density at radius 2 is 1.30 bits per heavy atom. The molecule has 4 aromatic rings. The molecule has 0 radical (unpaired) electrons. The van der Waals surface area contributed by atoms with Gasteiger partial charge in [0.05, 0.1) is 10.6 Å². The fourth-order valence-electron chi connectivity index (χ4n) is 5.02. The molecule has 8 heteroatoms. The number of nitrogens with one attached hydrogen (secondary N) is 1. The predicted octanol–water partition coefficient (Wildman–Crippen LogP) is 5.97. The molecule has 2 amide bonds. The van der Waals surface area contributed by atoms with E-state index in [4.69, 9.17) is 0 Å². The van der Waals surface area contributed by atoms with Crippen molar-refractivity contribution in [3.8, 4) is 0 Å². The molecule has 0 aliphatic carbocycles. The molecular weight excluding hydrogens is 570 g/mol. The van der Waals surface area contributed by atoms with Crippen LogP contribution in [0, 0.1) is 20.8 Å². The molecule has 1 N–H and O–H groups in total. The van der Waals surface area contributed by atoms with Crippen LogP contribution >= 0.6 is 0 Å². The molecule has 0 saturated carbocycles. The highest BCUT2D eigenvalue weighted by Crippen LogP contribution is 2.28. The number of carbonyl (C=O) groups excluding carboxylic acids is 2. The zero-order valence-corrected chi connectivity index (χ0v) is 26.8. The Balaban J connectivity index is 1.81. The zero-order chi connectivity index (χ0) is 31.9. The van der Waals surface area contributed by atoms with Crippen molar-refractivity contribution in [3.63, 3.8) is 0 Å². The van der Waals surface area contributed by atoms with Gasteiger partial charge in [0.2, 0.25) is 11.8 Å². The number of hydrogen-bond donors (Lipinski definition) is 1. The quantitative estimate of drug-likeness (QED) is 0.214. The second-order valence-corrected chi connectivity index (χ2v) is 13.3. The maximum absolute atomic E-state index is 14.5. The van der Waals surface area contributed by atoms with Crippen LogP contribution in [-0.4, -0.2) is 43.8 Å². The summed E-state index contributed by atoms with van der Waals surface area (Å²) in [6, 6.07) is 30.0. The minimum atomic E-state index is -4.14. The van der Waals surface area contributed by atoms with E-state index in [1.165, 1.54) is 4.90 Å². The van der Waals surface area contributed by atoms with Gasteiger partial charge in [-0.25, -0.2) is 8.42 Å². The first kappa shape index (κ1) is 32.5. The molecule has 0 saturated heterocycles. The second-order valence-electron chi connectivity index (χ2n) is 11.5. The van der Waals surface area contributed by atoms with Gasteiger partial charge in [-0.3, -0.25) is 13.9 Å². The molecule has 0 aliphatic rings. The first-order valence-electron chi connectivity index (χ1n) is 14.8. The van der Waals surface area contributed by atoms with Gasteiger partial charge >= 0.3 is 0 Å². The molecule has 0 fully saturated rings. The van der Waals surface area contributed by atoms with Gasteiger partial charge in [0.25, 0.3) is 10.0 Å². The fraction of sp³-hybridized carbons (Fsp3) is 0.278. The van der Waals surface area contributed by atoms with Crippen LogP contribution in [-0.2, 0) is 32.6 Å². The van der Waals surface area contributed by atoms with Crippen molar-refractivity contribution in [2.75, 3.05) is 10.8 Å². The molecular formula is C36H41N3O4S. The van der Waals surface area contributed by atoms with Crippen LogP contribution in [0.25, 0.3) is 0 Å². The second kappa shape index (κ2) is 14.4. The lowest BCUT2D eigenvalue weighted by molar-refractivity contribution is -0.140. The van der Waals surface area contributed by atoms with E-state index >= 15 is 0 Å². The summed E-state index contributed by atoms with van der Waals surface area (Å²) >= 11 is 0. The van der Waals surface area contributed by atoms with Gasteiger partial charge in [-0.05, 0) is 69.5 Å². The fourth-order valence-corrected chi connectivity index (χ4v) is 6.50. The zero-order valence-electron chi connectivity index (χ0n) is 26.0. The van der Waals surface area contributed by atoms with E-state index in [0.29, 0.717) is 11.3 Å². The molecule has 0 bridgehead atoms. The average molecular weight is 612 g/mol. The lowest BCUT2D eigenvalue weighted by atomic mass is 10.0. The van der Waals surface area contributed by atoms with Crippen LogP contribution in [0.4, 0.5) is 5.69 Å².